The summed E-state index contributed by atoms with van der Waals surface area (Å²) in [7, 11) is 0. The van der Waals surface area contributed by atoms with Crippen molar-refractivity contribution in [2.24, 2.45) is 0 Å². The lowest BCUT2D eigenvalue weighted by Crippen LogP contribution is -2.10. The van der Waals surface area contributed by atoms with E-state index in [0.29, 0.717) is 27.5 Å². The Bertz CT molecular complexity index is 4090. The monoisotopic (exact) mass is 754 g/mol. The van der Waals surface area contributed by atoms with Crippen molar-refractivity contribution in [3.63, 3.8) is 0 Å². The molecular weight excluding hydrogens is 703 g/mol. The maximum Gasteiger partial charge on any atom is 0.143 e. The van der Waals surface area contributed by atoms with E-state index >= 15 is 0 Å². The van der Waals surface area contributed by atoms with Crippen LogP contribution in [0.3, 0.4) is 0 Å². The van der Waals surface area contributed by atoms with Crippen LogP contribution in [0.4, 0.5) is 17.1 Å². The summed E-state index contributed by atoms with van der Waals surface area (Å²) in [6, 6.07) is 30.5. The van der Waals surface area contributed by atoms with Crippen molar-refractivity contribution >= 4 is 60.5 Å². The van der Waals surface area contributed by atoms with E-state index in [4.69, 9.17) is 14.0 Å². The summed E-state index contributed by atoms with van der Waals surface area (Å²) in [5, 5.41) is 1.68. The van der Waals surface area contributed by atoms with E-state index in [9.17, 15) is 11.0 Å². The first kappa shape index (κ1) is 21.6. The zero-order chi connectivity index (χ0) is 51.5. The first-order valence-electron chi connectivity index (χ1n) is 26.1. The molecule has 0 amide bonds. The third-order valence-electron chi connectivity index (χ3n) is 10.3. The highest BCUT2D eigenvalue weighted by molar-refractivity contribution is 6.19. The largest absolute Gasteiger partial charge is 0.455 e. The molecule has 0 spiro atoms. The first-order chi connectivity index (χ1) is 35.0. The van der Waals surface area contributed by atoms with Crippen molar-refractivity contribution in [3.8, 4) is 44.5 Å². The van der Waals surface area contributed by atoms with Crippen LogP contribution in [-0.2, 0) is 0 Å². The Labute approximate surface area is 358 Å². The minimum Gasteiger partial charge on any atom is -0.455 e. The highest BCUT2D eigenvalue weighted by Gasteiger charge is 2.21. The van der Waals surface area contributed by atoms with E-state index in [1.807, 2.05) is 109 Å². The number of fused-ring (bicyclic) bond motifs is 6. The van der Waals surface area contributed by atoms with Gasteiger partial charge in [0.05, 0.1) is 31.6 Å². The van der Waals surface area contributed by atoms with Crippen molar-refractivity contribution in [3.05, 3.63) is 224 Å². The standard InChI is InChI=1S/C56H37NO/c1-3-13-39(14-4-1)49-35-30-44(37-52(49)41-15-5-2-6-16-41)38-25-31-45(32-26-38)57(46-33-27-43(28-34-46)48-22-11-19-40-17-7-9-20-47(40)48)53-23-12-24-54-55(53)51-36-29-42-18-8-10-21-50(42)56(51)58-54/h1-37H/i7D,9D,11D,17D,19D,20D,22D,25D,26D,27D,28D,31D,32D,33D,34D. The fraction of sp³-hybridized carbons (Fsp3) is 0. The Balaban J connectivity index is 1.22. The molecule has 0 saturated heterocycles. The molecule has 0 radical (unpaired) electrons. The number of furan rings is 1. The second-order valence-electron chi connectivity index (χ2n) is 13.7. The summed E-state index contributed by atoms with van der Waals surface area (Å²) < 4.78 is 145. The molecule has 0 aliphatic carbocycles. The van der Waals surface area contributed by atoms with Crippen molar-refractivity contribution < 1.29 is 25.0 Å². The summed E-state index contributed by atoms with van der Waals surface area (Å²) in [5.41, 5.74) is 2.60. The van der Waals surface area contributed by atoms with Gasteiger partial charge in [0.1, 0.15) is 11.2 Å². The number of nitrogens with zero attached hydrogens (tertiary/aromatic N) is 1. The minimum absolute atomic E-state index is 0.0349. The van der Waals surface area contributed by atoms with Gasteiger partial charge in [0.15, 0.2) is 0 Å². The maximum absolute atomic E-state index is 9.85. The van der Waals surface area contributed by atoms with Crippen LogP contribution in [0.1, 0.15) is 20.6 Å². The summed E-state index contributed by atoms with van der Waals surface area (Å²) >= 11 is 0. The molecule has 0 aliphatic rings. The third kappa shape index (κ3) is 5.82. The van der Waals surface area contributed by atoms with Crippen LogP contribution in [0.25, 0.3) is 88.0 Å². The SMILES string of the molecule is [2H]c1c([2H])c(N(c2c([2H])c([2H])c(-c3c([2H])c([2H])c([2H])c4c([2H])c([2H])c([2H])c([2H])c34)c([2H])c2[2H])c2cccc3oc4c5ccccc5ccc4c23)c([2H])c([2H])c1-c1ccc(-c2ccccc2)c(-c2ccccc2)c1. The van der Waals surface area contributed by atoms with Crippen molar-refractivity contribution in [1.82, 2.24) is 0 Å². The van der Waals surface area contributed by atoms with E-state index in [1.54, 1.807) is 24.3 Å². The molecule has 2 heteroatoms. The number of anilines is 3. The molecule has 10 aromatic carbocycles. The van der Waals surface area contributed by atoms with E-state index < -0.39 is 124 Å². The molecule has 2 nitrogen and oxygen atoms in total. The number of benzene rings is 10. The van der Waals surface area contributed by atoms with E-state index in [1.165, 1.54) is 4.90 Å². The van der Waals surface area contributed by atoms with Gasteiger partial charge < -0.3 is 9.32 Å². The number of rotatable bonds is 7. The first-order valence-corrected chi connectivity index (χ1v) is 18.6. The van der Waals surface area contributed by atoms with Gasteiger partial charge in [-0.05, 0) is 109 Å². The highest BCUT2D eigenvalue weighted by Crippen LogP contribution is 2.45. The van der Waals surface area contributed by atoms with Crippen LogP contribution in [0, 0.1) is 0 Å². The van der Waals surface area contributed by atoms with Gasteiger partial charge in [0, 0.05) is 22.1 Å². The van der Waals surface area contributed by atoms with Crippen molar-refractivity contribution in [2.45, 2.75) is 0 Å². The van der Waals surface area contributed by atoms with Gasteiger partial charge in [0.25, 0.3) is 0 Å². The summed E-state index contributed by atoms with van der Waals surface area (Å²) in [6.07, 6.45) is 0. The van der Waals surface area contributed by atoms with Crippen molar-refractivity contribution in [2.75, 3.05) is 4.90 Å². The van der Waals surface area contributed by atoms with Crippen LogP contribution >= 0.6 is 0 Å². The molecular formula is C56H37NO. The lowest BCUT2D eigenvalue weighted by molar-refractivity contribution is 0.672. The zero-order valence-corrected chi connectivity index (χ0v) is 30.6. The summed E-state index contributed by atoms with van der Waals surface area (Å²) in [4.78, 5) is 1.17. The quantitative estimate of drug-likeness (QED) is 0.161. The van der Waals surface area contributed by atoms with Crippen LogP contribution in [-0.4, -0.2) is 0 Å². The Hall–Kier alpha value is -7.68. The molecule has 0 N–H and O–H groups in total. The van der Waals surface area contributed by atoms with Crippen LogP contribution in [0.2, 0.25) is 0 Å². The molecule has 0 fully saturated rings. The molecule has 0 atom stereocenters. The average Bonchev–Trinajstić information content (AvgIpc) is 3.81. The molecule has 11 aromatic rings. The Kier molecular flexibility index (Phi) is 5.25. The third-order valence-corrected chi connectivity index (χ3v) is 10.3. The summed E-state index contributed by atoms with van der Waals surface area (Å²) in [5.74, 6) is 0. The Morgan fingerprint density at radius 3 is 1.83 bits per heavy atom. The Morgan fingerprint density at radius 1 is 0.379 bits per heavy atom. The maximum atomic E-state index is 9.85. The molecule has 1 heterocycles. The normalized spacial score (nSPS) is 15.1. The highest BCUT2D eigenvalue weighted by atomic mass is 16.3. The van der Waals surface area contributed by atoms with Gasteiger partial charge in [-0.25, -0.2) is 0 Å². The summed E-state index contributed by atoms with van der Waals surface area (Å²) in [6.45, 7) is 0. The molecule has 0 bridgehead atoms. The van der Waals surface area contributed by atoms with Gasteiger partial charge >= 0.3 is 0 Å². The van der Waals surface area contributed by atoms with E-state index in [2.05, 4.69) is 0 Å². The van der Waals surface area contributed by atoms with Gasteiger partial charge in [-0.15, -0.1) is 0 Å². The average molecular weight is 755 g/mol. The van der Waals surface area contributed by atoms with Crippen LogP contribution in [0.5, 0.6) is 0 Å². The number of hydrogen-bond donors (Lipinski definition) is 0. The van der Waals surface area contributed by atoms with E-state index in [-0.39, 0.29) is 11.3 Å². The molecule has 1 aromatic heterocycles. The molecule has 0 aliphatic heterocycles. The minimum atomic E-state index is -0.811. The topological polar surface area (TPSA) is 16.4 Å². The molecule has 11 rings (SSSR count). The second-order valence-corrected chi connectivity index (χ2v) is 13.7. The van der Waals surface area contributed by atoms with Crippen molar-refractivity contribution in [1.29, 1.82) is 0 Å². The van der Waals surface area contributed by atoms with Crippen LogP contribution < -0.4 is 4.90 Å². The van der Waals surface area contributed by atoms with E-state index in [0.717, 1.165) is 33.0 Å². The molecule has 272 valence electrons. The fourth-order valence-corrected chi connectivity index (χ4v) is 7.60. The molecule has 0 saturated carbocycles. The van der Waals surface area contributed by atoms with Gasteiger partial charge in [-0.1, -0.05) is 176 Å². The lowest BCUT2D eigenvalue weighted by atomic mass is 9.91. The van der Waals surface area contributed by atoms with Crippen LogP contribution in [0.15, 0.2) is 229 Å². The van der Waals surface area contributed by atoms with Gasteiger partial charge in [-0.2, -0.15) is 0 Å². The zero-order valence-electron chi connectivity index (χ0n) is 45.6. The predicted octanol–water partition coefficient (Wildman–Crippen LogP) is 16.0. The molecule has 58 heavy (non-hydrogen) atoms. The van der Waals surface area contributed by atoms with Gasteiger partial charge in [-0.3, -0.25) is 0 Å². The fourth-order valence-electron chi connectivity index (χ4n) is 7.60. The molecule has 0 unspecified atom stereocenters. The van der Waals surface area contributed by atoms with Gasteiger partial charge in [0.2, 0.25) is 0 Å². The second kappa shape index (κ2) is 14.1. The Morgan fingerprint density at radius 2 is 1.05 bits per heavy atom. The predicted molar refractivity (Wildman–Crippen MR) is 245 cm³/mol. The lowest BCUT2D eigenvalue weighted by Gasteiger charge is -2.27. The number of hydrogen-bond acceptors (Lipinski definition) is 2. The smallest absolute Gasteiger partial charge is 0.143 e.